The van der Waals surface area contributed by atoms with Gasteiger partial charge in [-0.2, -0.15) is 0 Å². The molecule has 0 bridgehead atoms. The van der Waals surface area contributed by atoms with E-state index < -0.39 is 0 Å². The Morgan fingerprint density at radius 3 is 1.57 bits per heavy atom. The largest absolute Gasteiger partial charge is 0.456 e. The predicted molar refractivity (Wildman–Crippen MR) is 380 cm³/mol. The van der Waals surface area contributed by atoms with Gasteiger partial charge in [0.15, 0.2) is 0 Å². The minimum Gasteiger partial charge on any atom is -0.456 e. The molecule has 14 aromatic carbocycles. The Balaban J connectivity index is 0.973. The highest BCUT2D eigenvalue weighted by Gasteiger charge is 2.45. The Morgan fingerprint density at radius 1 is 0.315 bits per heavy atom. The molecule has 0 fully saturated rings. The summed E-state index contributed by atoms with van der Waals surface area (Å²) in [6, 6.07) is 105. The summed E-state index contributed by atoms with van der Waals surface area (Å²) in [7, 11) is 0. The SMILES string of the molecule is CC(C)(C)c1ccc2c(c1)B1c3ccc(N(c4ccccc4)c4ccc5oc6ccccc6c5c4)cc3N(c3ccccc3-c3ccccc3)c3cc(-c4ccccc4)cc(c31)N2c1ccc(C(C)(C)C)cc1-c1cc2ccc3cccc4ccc(c1)c2c34. The van der Waals surface area contributed by atoms with Crippen LogP contribution in [0.2, 0.25) is 0 Å². The van der Waals surface area contributed by atoms with Crippen LogP contribution in [-0.2, 0) is 10.8 Å². The summed E-state index contributed by atoms with van der Waals surface area (Å²) in [6.45, 7) is 13.9. The zero-order valence-electron chi connectivity index (χ0n) is 50.9. The van der Waals surface area contributed by atoms with Gasteiger partial charge in [0, 0.05) is 61.7 Å². The van der Waals surface area contributed by atoms with Gasteiger partial charge in [-0.15, -0.1) is 0 Å². The molecule has 5 heteroatoms. The Labute approximate surface area is 520 Å². The van der Waals surface area contributed by atoms with Crippen molar-refractivity contribution in [2.45, 2.75) is 52.4 Å². The van der Waals surface area contributed by atoms with Crippen LogP contribution < -0.4 is 31.1 Å². The molecule has 0 spiro atoms. The van der Waals surface area contributed by atoms with Gasteiger partial charge in [-0.1, -0.05) is 224 Å². The van der Waals surface area contributed by atoms with Crippen molar-refractivity contribution >= 4 is 129 Å². The van der Waals surface area contributed by atoms with E-state index in [1.165, 1.54) is 76.6 Å². The molecular formula is C84H64BN3O. The van der Waals surface area contributed by atoms with Crippen LogP contribution in [0.15, 0.2) is 283 Å². The summed E-state index contributed by atoms with van der Waals surface area (Å²) >= 11 is 0. The Bertz CT molecular complexity index is 5240. The standard InChI is InChI=1S/C84H64BN3O/c1-83(2,3)61-37-42-73(68(49-61)60-45-57-35-33-55-25-20-26-56-34-36-58(46-60)81(57)80(55)56)87-74-43-38-62(84(4,5)6)50-71(74)85-70-41-39-65(86(63-27-14-9-15-28-63)64-40-44-79-69(51-64)67-30-17-19-32-78(67)89-79)52-75(70)88(72-31-18-16-29-66(72)54-23-12-8-13-24-54)77-48-59(47-76(87)82(77)85)53-21-10-7-11-22-53/h7-52H,1-6H3. The van der Waals surface area contributed by atoms with E-state index in [1.807, 2.05) is 6.07 Å². The smallest absolute Gasteiger partial charge is 0.252 e. The lowest BCUT2D eigenvalue weighted by Gasteiger charge is -2.46. The molecule has 0 saturated carbocycles. The van der Waals surface area contributed by atoms with Crippen molar-refractivity contribution in [2.75, 3.05) is 14.7 Å². The Morgan fingerprint density at radius 2 is 0.865 bits per heavy atom. The van der Waals surface area contributed by atoms with Gasteiger partial charge in [0.05, 0.1) is 11.4 Å². The zero-order valence-corrected chi connectivity index (χ0v) is 50.9. The highest BCUT2D eigenvalue weighted by Crippen LogP contribution is 2.52. The van der Waals surface area contributed by atoms with Crippen molar-refractivity contribution in [3.05, 3.63) is 290 Å². The third-order valence-corrected chi connectivity index (χ3v) is 19.0. The van der Waals surface area contributed by atoms with Crippen molar-refractivity contribution in [3.8, 4) is 33.4 Å². The fourth-order valence-electron chi connectivity index (χ4n) is 14.7. The number of fused-ring (bicyclic) bond motifs is 7. The van der Waals surface area contributed by atoms with Gasteiger partial charge in [-0.3, -0.25) is 0 Å². The number of furan rings is 1. The van der Waals surface area contributed by atoms with Gasteiger partial charge in [0.25, 0.3) is 6.71 Å². The number of anilines is 9. The molecule has 0 unspecified atom stereocenters. The fourth-order valence-corrected chi connectivity index (χ4v) is 14.7. The third-order valence-electron chi connectivity index (χ3n) is 19.0. The van der Waals surface area contributed by atoms with Gasteiger partial charge >= 0.3 is 0 Å². The van der Waals surface area contributed by atoms with Crippen LogP contribution in [0, 0.1) is 0 Å². The van der Waals surface area contributed by atoms with Crippen molar-refractivity contribution in [3.63, 3.8) is 0 Å². The van der Waals surface area contributed by atoms with E-state index >= 15 is 0 Å². The second kappa shape index (κ2) is 20.0. The minimum atomic E-state index is -0.156. The topological polar surface area (TPSA) is 22.9 Å². The predicted octanol–water partition coefficient (Wildman–Crippen LogP) is 21.6. The van der Waals surface area contributed by atoms with Crippen LogP contribution in [-0.4, -0.2) is 6.71 Å². The summed E-state index contributed by atoms with van der Waals surface area (Å²) in [5, 5.41) is 9.87. The number of rotatable bonds is 8. The minimum absolute atomic E-state index is 0.117. The van der Waals surface area contributed by atoms with Crippen LogP contribution in [0.3, 0.4) is 0 Å². The van der Waals surface area contributed by atoms with Crippen molar-refractivity contribution in [1.82, 2.24) is 0 Å². The van der Waals surface area contributed by atoms with E-state index in [2.05, 4.69) is 329 Å². The lowest BCUT2D eigenvalue weighted by molar-refractivity contribution is 0.590. The molecular weight excluding hydrogens is 1080 g/mol. The van der Waals surface area contributed by atoms with Crippen LogP contribution in [0.5, 0.6) is 0 Å². The molecule has 17 rings (SSSR count). The molecule has 0 atom stereocenters. The number of hydrogen-bond acceptors (Lipinski definition) is 4. The summed E-state index contributed by atoms with van der Waals surface area (Å²) in [5.41, 5.74) is 24.9. The van der Waals surface area contributed by atoms with Gasteiger partial charge in [0.2, 0.25) is 0 Å². The number of nitrogens with zero attached hydrogens (tertiary/aromatic N) is 3. The average Bonchev–Trinajstić information content (AvgIpc) is 1.13. The maximum atomic E-state index is 6.45. The van der Waals surface area contributed by atoms with Crippen LogP contribution in [0.25, 0.3) is 87.6 Å². The van der Waals surface area contributed by atoms with E-state index in [1.54, 1.807) is 0 Å². The molecule has 0 N–H and O–H groups in total. The second-order valence-electron chi connectivity index (χ2n) is 26.5. The molecule has 0 amide bonds. The summed E-state index contributed by atoms with van der Waals surface area (Å²) in [6.07, 6.45) is 0. The highest BCUT2D eigenvalue weighted by molar-refractivity contribution is 7.00. The quantitative estimate of drug-likeness (QED) is 0.112. The van der Waals surface area contributed by atoms with Crippen LogP contribution in [0.4, 0.5) is 51.2 Å². The van der Waals surface area contributed by atoms with Crippen molar-refractivity contribution in [2.24, 2.45) is 0 Å². The first-order chi connectivity index (χ1) is 43.4. The maximum absolute atomic E-state index is 6.45. The Hall–Kier alpha value is -10.6. The molecule has 15 aromatic rings. The van der Waals surface area contributed by atoms with Crippen molar-refractivity contribution in [1.29, 1.82) is 0 Å². The molecule has 3 heterocycles. The molecule has 4 nitrogen and oxygen atoms in total. The number of benzene rings is 14. The molecule has 89 heavy (non-hydrogen) atoms. The van der Waals surface area contributed by atoms with E-state index in [0.717, 1.165) is 89.7 Å². The van der Waals surface area contributed by atoms with Gasteiger partial charge in [0.1, 0.15) is 11.2 Å². The highest BCUT2D eigenvalue weighted by atomic mass is 16.3. The monoisotopic (exact) mass is 1140 g/mol. The molecule has 424 valence electrons. The molecule has 2 aliphatic rings. The van der Waals surface area contributed by atoms with E-state index in [0.29, 0.717) is 0 Å². The van der Waals surface area contributed by atoms with Crippen molar-refractivity contribution < 1.29 is 4.42 Å². The van der Waals surface area contributed by atoms with E-state index in [-0.39, 0.29) is 17.5 Å². The molecule has 0 saturated heterocycles. The maximum Gasteiger partial charge on any atom is 0.252 e. The Kier molecular flexibility index (Phi) is 11.8. The normalized spacial score (nSPS) is 13.0. The third kappa shape index (κ3) is 8.51. The lowest BCUT2D eigenvalue weighted by atomic mass is 9.33. The first-order valence-electron chi connectivity index (χ1n) is 31.3. The van der Waals surface area contributed by atoms with E-state index in [9.17, 15) is 0 Å². The second-order valence-corrected chi connectivity index (χ2v) is 26.5. The summed E-state index contributed by atoms with van der Waals surface area (Å²) < 4.78 is 6.45. The van der Waals surface area contributed by atoms with E-state index in [4.69, 9.17) is 4.42 Å². The summed E-state index contributed by atoms with van der Waals surface area (Å²) in [5.74, 6) is 0. The number of hydrogen-bond donors (Lipinski definition) is 0. The molecule has 1 aromatic heterocycles. The average molecular weight is 1140 g/mol. The van der Waals surface area contributed by atoms with Gasteiger partial charge in [-0.05, 0) is 190 Å². The molecule has 2 aliphatic heterocycles. The molecule has 0 radical (unpaired) electrons. The van der Waals surface area contributed by atoms with Gasteiger partial charge in [-0.25, -0.2) is 0 Å². The first-order valence-corrected chi connectivity index (χ1v) is 31.3. The van der Waals surface area contributed by atoms with Gasteiger partial charge < -0.3 is 19.1 Å². The number of para-hydroxylation sites is 3. The van der Waals surface area contributed by atoms with Crippen LogP contribution >= 0.6 is 0 Å². The lowest BCUT2D eigenvalue weighted by Crippen LogP contribution is -2.61. The van der Waals surface area contributed by atoms with Crippen LogP contribution in [0.1, 0.15) is 52.7 Å². The first kappa shape index (κ1) is 52.7. The fraction of sp³-hybridized carbons (Fsp3) is 0.0952. The summed E-state index contributed by atoms with van der Waals surface area (Å²) in [4.78, 5) is 7.67. The molecule has 0 aliphatic carbocycles. The zero-order chi connectivity index (χ0) is 59.9.